The van der Waals surface area contributed by atoms with E-state index >= 15 is 0 Å². The van der Waals surface area contributed by atoms with E-state index in [0.717, 1.165) is 36.5 Å². The van der Waals surface area contributed by atoms with Gasteiger partial charge in [-0.15, -0.1) is 0 Å². The van der Waals surface area contributed by atoms with Crippen LogP contribution in [-0.2, 0) is 4.79 Å². The molecule has 3 rings (SSSR count). The lowest BCUT2D eigenvalue weighted by Gasteiger charge is -2.12. The first-order chi connectivity index (χ1) is 8.24. The highest BCUT2D eigenvalue weighted by Gasteiger charge is 2.28. The summed E-state index contributed by atoms with van der Waals surface area (Å²) in [4.78, 5) is 17.6. The van der Waals surface area contributed by atoms with Gasteiger partial charge in [-0.2, -0.15) is 0 Å². The Morgan fingerprint density at radius 3 is 3.00 bits per heavy atom. The van der Waals surface area contributed by atoms with Gasteiger partial charge in [-0.1, -0.05) is 12.1 Å². The van der Waals surface area contributed by atoms with Crippen LogP contribution < -0.4 is 0 Å². The third-order valence-electron chi connectivity index (χ3n) is 3.29. The van der Waals surface area contributed by atoms with E-state index in [-0.39, 0.29) is 11.8 Å². The Bertz CT molecular complexity index is 528. The minimum Gasteiger partial charge on any atom is -0.440 e. The molecule has 1 aromatic carbocycles. The lowest BCUT2D eigenvalue weighted by atomic mass is 10.1. The monoisotopic (exact) mass is 230 g/mol. The highest BCUT2D eigenvalue weighted by atomic mass is 16.3. The summed E-state index contributed by atoms with van der Waals surface area (Å²) >= 11 is 0. The zero-order valence-electron chi connectivity index (χ0n) is 9.72. The number of carbonyl (C=O) groups is 1. The molecule has 0 bridgehead atoms. The molecule has 1 aromatic heterocycles. The maximum absolute atomic E-state index is 11.3. The molecule has 1 aliphatic heterocycles. The minimum absolute atomic E-state index is 0.128. The van der Waals surface area contributed by atoms with Gasteiger partial charge in [0.2, 0.25) is 5.91 Å². The van der Waals surface area contributed by atoms with E-state index in [0.29, 0.717) is 0 Å². The number of benzene rings is 1. The van der Waals surface area contributed by atoms with E-state index < -0.39 is 0 Å². The zero-order valence-corrected chi connectivity index (χ0v) is 9.72. The predicted octanol–water partition coefficient (Wildman–Crippen LogP) is 2.16. The molecule has 88 valence electrons. The van der Waals surface area contributed by atoms with Crippen molar-refractivity contribution in [3.63, 3.8) is 0 Å². The second-order valence-corrected chi connectivity index (χ2v) is 4.47. The average molecular weight is 230 g/mol. The number of oxazole rings is 1. The van der Waals surface area contributed by atoms with Gasteiger partial charge >= 0.3 is 0 Å². The molecule has 0 N–H and O–H groups in total. The molecule has 1 atom stereocenters. The summed E-state index contributed by atoms with van der Waals surface area (Å²) in [6.45, 7) is 3.13. The lowest BCUT2D eigenvalue weighted by molar-refractivity contribution is -0.127. The molecule has 0 aliphatic carbocycles. The molecule has 2 aromatic rings. The fourth-order valence-corrected chi connectivity index (χ4v) is 2.31. The highest BCUT2D eigenvalue weighted by molar-refractivity contribution is 5.74. The summed E-state index contributed by atoms with van der Waals surface area (Å²) in [6, 6.07) is 7.75. The number of fused-ring (bicyclic) bond motifs is 1. The fourth-order valence-electron chi connectivity index (χ4n) is 2.31. The number of nitrogens with zero attached hydrogens (tertiary/aromatic N) is 2. The van der Waals surface area contributed by atoms with Gasteiger partial charge in [-0.3, -0.25) is 4.79 Å². The fraction of sp³-hybridized carbons (Fsp3) is 0.385. The maximum Gasteiger partial charge on any atom is 0.219 e. The molecular weight excluding hydrogens is 216 g/mol. The molecule has 1 aliphatic rings. The van der Waals surface area contributed by atoms with Crippen LogP contribution in [-0.4, -0.2) is 28.9 Å². The molecule has 0 saturated carbocycles. The quantitative estimate of drug-likeness (QED) is 0.754. The molecule has 0 unspecified atom stereocenters. The predicted molar refractivity (Wildman–Crippen MR) is 63.6 cm³/mol. The van der Waals surface area contributed by atoms with Gasteiger partial charge < -0.3 is 9.32 Å². The summed E-state index contributed by atoms with van der Waals surface area (Å²) in [5.41, 5.74) is 1.72. The Hall–Kier alpha value is -1.84. The van der Waals surface area contributed by atoms with Crippen LogP contribution in [0.2, 0.25) is 0 Å². The van der Waals surface area contributed by atoms with Crippen LogP contribution in [0.3, 0.4) is 0 Å². The van der Waals surface area contributed by atoms with Gasteiger partial charge in [0.15, 0.2) is 11.5 Å². The summed E-state index contributed by atoms with van der Waals surface area (Å²) in [5, 5.41) is 0. The van der Waals surface area contributed by atoms with Crippen LogP contribution in [0.5, 0.6) is 0 Å². The number of hydrogen-bond donors (Lipinski definition) is 0. The van der Waals surface area contributed by atoms with Crippen LogP contribution in [0.25, 0.3) is 11.1 Å². The molecule has 1 fully saturated rings. The summed E-state index contributed by atoms with van der Waals surface area (Å²) in [5.74, 6) is 1.13. The minimum atomic E-state index is 0.128. The van der Waals surface area contributed by atoms with Crippen molar-refractivity contribution in [2.45, 2.75) is 19.3 Å². The van der Waals surface area contributed by atoms with E-state index in [9.17, 15) is 4.79 Å². The summed E-state index contributed by atoms with van der Waals surface area (Å²) in [6.07, 6.45) is 0.937. The first kappa shape index (κ1) is 10.3. The van der Waals surface area contributed by atoms with Gasteiger partial charge in [0.25, 0.3) is 0 Å². The largest absolute Gasteiger partial charge is 0.440 e. The van der Waals surface area contributed by atoms with Gasteiger partial charge in [0.05, 0.1) is 5.92 Å². The standard InChI is InChI=1S/C13H14N2O2/c1-9(16)15-7-6-10(8-15)13-14-11-4-2-3-5-12(11)17-13/h2-5,10H,6-8H2,1H3/t10-/m0/s1. The van der Waals surface area contributed by atoms with Crippen molar-refractivity contribution in [3.8, 4) is 0 Å². The number of amides is 1. The van der Waals surface area contributed by atoms with Crippen LogP contribution >= 0.6 is 0 Å². The van der Waals surface area contributed by atoms with Crippen molar-refractivity contribution >= 4 is 17.0 Å². The van der Waals surface area contributed by atoms with E-state index in [2.05, 4.69) is 4.98 Å². The molecule has 2 heterocycles. The Morgan fingerprint density at radius 1 is 1.47 bits per heavy atom. The Labute approximate surface area is 99.2 Å². The number of likely N-dealkylation sites (tertiary alicyclic amines) is 1. The van der Waals surface area contributed by atoms with Crippen molar-refractivity contribution in [1.29, 1.82) is 0 Å². The third-order valence-corrected chi connectivity index (χ3v) is 3.29. The molecule has 4 nitrogen and oxygen atoms in total. The van der Waals surface area contributed by atoms with E-state index in [4.69, 9.17) is 4.42 Å². The van der Waals surface area contributed by atoms with Crippen LogP contribution in [0.15, 0.2) is 28.7 Å². The molecule has 1 amide bonds. The highest BCUT2D eigenvalue weighted by Crippen LogP contribution is 2.28. The van der Waals surface area contributed by atoms with Crippen LogP contribution in [0.1, 0.15) is 25.2 Å². The number of hydrogen-bond acceptors (Lipinski definition) is 3. The number of aromatic nitrogens is 1. The Kier molecular flexibility index (Phi) is 2.35. The Balaban J connectivity index is 1.87. The third kappa shape index (κ3) is 1.79. The van der Waals surface area contributed by atoms with E-state index in [1.807, 2.05) is 29.2 Å². The molecule has 4 heteroatoms. The molecule has 1 saturated heterocycles. The number of rotatable bonds is 1. The first-order valence-electron chi connectivity index (χ1n) is 5.85. The maximum atomic E-state index is 11.3. The van der Waals surface area contributed by atoms with Crippen molar-refractivity contribution in [1.82, 2.24) is 9.88 Å². The van der Waals surface area contributed by atoms with Crippen molar-refractivity contribution < 1.29 is 9.21 Å². The van der Waals surface area contributed by atoms with Crippen molar-refractivity contribution in [2.75, 3.05) is 13.1 Å². The average Bonchev–Trinajstić information content (AvgIpc) is 2.95. The Morgan fingerprint density at radius 2 is 2.29 bits per heavy atom. The summed E-state index contributed by atoms with van der Waals surface area (Å²) in [7, 11) is 0. The second-order valence-electron chi connectivity index (χ2n) is 4.47. The molecule has 17 heavy (non-hydrogen) atoms. The van der Waals surface area contributed by atoms with Crippen LogP contribution in [0, 0.1) is 0 Å². The number of para-hydroxylation sites is 2. The van der Waals surface area contributed by atoms with E-state index in [1.54, 1.807) is 6.92 Å². The normalized spacial score (nSPS) is 20.1. The lowest BCUT2D eigenvalue weighted by Crippen LogP contribution is -2.25. The van der Waals surface area contributed by atoms with Crippen molar-refractivity contribution in [2.24, 2.45) is 0 Å². The first-order valence-corrected chi connectivity index (χ1v) is 5.85. The van der Waals surface area contributed by atoms with Crippen molar-refractivity contribution in [3.05, 3.63) is 30.2 Å². The SMILES string of the molecule is CC(=O)N1CC[C@H](c2nc3ccccc3o2)C1. The van der Waals surface area contributed by atoms with Crippen LogP contribution in [0.4, 0.5) is 0 Å². The van der Waals surface area contributed by atoms with Gasteiger partial charge in [-0.05, 0) is 18.6 Å². The van der Waals surface area contributed by atoms with Gasteiger partial charge in [0, 0.05) is 20.0 Å². The second kappa shape index (κ2) is 3.87. The zero-order chi connectivity index (χ0) is 11.8. The number of carbonyl (C=O) groups excluding carboxylic acids is 1. The summed E-state index contributed by atoms with van der Waals surface area (Å²) < 4.78 is 5.73. The topological polar surface area (TPSA) is 46.3 Å². The van der Waals surface area contributed by atoms with Gasteiger partial charge in [-0.25, -0.2) is 4.98 Å². The van der Waals surface area contributed by atoms with E-state index in [1.165, 1.54) is 0 Å². The molecular formula is C13H14N2O2. The molecule has 0 spiro atoms. The van der Waals surface area contributed by atoms with Gasteiger partial charge in [0.1, 0.15) is 5.52 Å². The molecule has 0 radical (unpaired) electrons. The smallest absolute Gasteiger partial charge is 0.219 e.